The fraction of sp³-hybridized carbons (Fsp3) is 0.105. The second-order valence-corrected chi connectivity index (χ2v) is 6.02. The number of aromatic hydroxyl groups is 1. The van der Waals surface area contributed by atoms with E-state index >= 15 is 0 Å². The third kappa shape index (κ3) is 4.27. The standard InChI is InChI=1S/C19H15ClN2O5/c20-18-13-7-6-12(27-10-11-4-2-1-3-5-11)8-14(13)17(25)16(22-18)19(26)21-9-15(23)24/h1-8,25H,9-10H2,(H,21,26)(H,23,24). The van der Waals surface area contributed by atoms with Gasteiger partial charge < -0.3 is 20.3 Å². The fourth-order valence-electron chi connectivity index (χ4n) is 2.47. The number of carbonyl (C=O) groups is 2. The molecule has 1 amide bonds. The van der Waals surface area contributed by atoms with Crippen LogP contribution in [0.15, 0.2) is 48.5 Å². The van der Waals surface area contributed by atoms with Crippen LogP contribution in [0.25, 0.3) is 10.8 Å². The molecule has 1 heterocycles. The molecular weight excluding hydrogens is 372 g/mol. The fourth-order valence-corrected chi connectivity index (χ4v) is 2.72. The predicted molar refractivity (Wildman–Crippen MR) is 99.2 cm³/mol. The summed E-state index contributed by atoms with van der Waals surface area (Å²) in [4.78, 5) is 26.5. The van der Waals surface area contributed by atoms with E-state index in [0.717, 1.165) is 5.56 Å². The number of nitrogens with one attached hydrogen (secondary N) is 1. The Hall–Kier alpha value is -3.32. The monoisotopic (exact) mass is 386 g/mol. The zero-order valence-corrected chi connectivity index (χ0v) is 14.7. The third-order valence-corrected chi connectivity index (χ3v) is 4.05. The van der Waals surface area contributed by atoms with Crippen molar-refractivity contribution in [3.63, 3.8) is 0 Å². The summed E-state index contributed by atoms with van der Waals surface area (Å²) < 4.78 is 5.72. The molecule has 3 aromatic rings. The van der Waals surface area contributed by atoms with Crippen molar-refractivity contribution in [2.24, 2.45) is 0 Å². The van der Waals surface area contributed by atoms with Gasteiger partial charge in [0.05, 0.1) is 0 Å². The molecule has 8 heteroatoms. The first-order valence-electron chi connectivity index (χ1n) is 7.94. The van der Waals surface area contributed by atoms with Crippen molar-refractivity contribution in [1.29, 1.82) is 0 Å². The summed E-state index contributed by atoms with van der Waals surface area (Å²) in [7, 11) is 0. The van der Waals surface area contributed by atoms with Crippen LogP contribution in [0.5, 0.6) is 11.5 Å². The summed E-state index contributed by atoms with van der Waals surface area (Å²) in [6.45, 7) is -0.270. The number of ether oxygens (including phenoxy) is 1. The first-order valence-corrected chi connectivity index (χ1v) is 8.32. The molecule has 0 aliphatic heterocycles. The van der Waals surface area contributed by atoms with Crippen LogP contribution < -0.4 is 10.1 Å². The van der Waals surface area contributed by atoms with E-state index in [1.54, 1.807) is 18.2 Å². The third-order valence-electron chi connectivity index (χ3n) is 3.77. The number of pyridine rings is 1. The number of halogens is 1. The van der Waals surface area contributed by atoms with Gasteiger partial charge >= 0.3 is 5.97 Å². The van der Waals surface area contributed by atoms with Gasteiger partial charge in [-0.3, -0.25) is 9.59 Å². The maximum Gasteiger partial charge on any atom is 0.322 e. The summed E-state index contributed by atoms with van der Waals surface area (Å²) in [5.41, 5.74) is 0.622. The van der Waals surface area contributed by atoms with E-state index in [9.17, 15) is 14.7 Å². The zero-order chi connectivity index (χ0) is 19.4. The van der Waals surface area contributed by atoms with Crippen molar-refractivity contribution < 1.29 is 24.5 Å². The molecule has 3 N–H and O–H groups in total. The minimum Gasteiger partial charge on any atom is -0.505 e. The van der Waals surface area contributed by atoms with Gasteiger partial charge in [-0.05, 0) is 23.8 Å². The SMILES string of the molecule is O=C(O)CNC(=O)c1nc(Cl)c2ccc(OCc3ccccc3)cc2c1O. The number of hydrogen-bond acceptors (Lipinski definition) is 5. The van der Waals surface area contributed by atoms with Crippen LogP contribution in [-0.2, 0) is 11.4 Å². The summed E-state index contributed by atoms with van der Waals surface area (Å²) in [6.07, 6.45) is 0. The topological polar surface area (TPSA) is 109 Å². The van der Waals surface area contributed by atoms with Crippen LogP contribution in [0.1, 0.15) is 16.1 Å². The van der Waals surface area contributed by atoms with Crippen molar-refractivity contribution >= 4 is 34.2 Å². The lowest BCUT2D eigenvalue weighted by Crippen LogP contribution is -2.30. The molecule has 0 atom stereocenters. The van der Waals surface area contributed by atoms with Crippen molar-refractivity contribution in [3.05, 3.63) is 64.9 Å². The number of carboxylic acid groups (broad SMARTS) is 1. The molecule has 0 spiro atoms. The van der Waals surface area contributed by atoms with Crippen molar-refractivity contribution in [1.82, 2.24) is 10.3 Å². The number of rotatable bonds is 6. The highest BCUT2D eigenvalue weighted by Gasteiger charge is 2.19. The Morgan fingerprint density at radius 1 is 1.11 bits per heavy atom. The minimum absolute atomic E-state index is 0.0119. The van der Waals surface area contributed by atoms with Gasteiger partial charge in [0.15, 0.2) is 11.4 Å². The lowest BCUT2D eigenvalue weighted by molar-refractivity contribution is -0.135. The predicted octanol–water partition coefficient (Wildman–Crippen LogP) is 2.99. The number of fused-ring (bicyclic) bond motifs is 1. The van der Waals surface area contributed by atoms with Crippen LogP contribution in [0, 0.1) is 0 Å². The van der Waals surface area contributed by atoms with Crippen LogP contribution in [0.2, 0.25) is 5.15 Å². The number of aliphatic carboxylic acids is 1. The van der Waals surface area contributed by atoms with Gasteiger partial charge in [-0.25, -0.2) is 4.98 Å². The van der Waals surface area contributed by atoms with Crippen LogP contribution in [0.3, 0.4) is 0 Å². The number of aromatic nitrogens is 1. The Morgan fingerprint density at radius 2 is 1.85 bits per heavy atom. The van der Waals surface area contributed by atoms with E-state index in [-0.39, 0.29) is 16.2 Å². The van der Waals surface area contributed by atoms with Gasteiger partial charge in [-0.15, -0.1) is 0 Å². The second kappa shape index (κ2) is 7.92. The van der Waals surface area contributed by atoms with E-state index in [1.165, 1.54) is 0 Å². The first-order chi connectivity index (χ1) is 13.0. The average Bonchev–Trinajstić information content (AvgIpc) is 2.68. The quantitative estimate of drug-likeness (QED) is 0.562. The second-order valence-electron chi connectivity index (χ2n) is 5.66. The molecule has 0 bridgehead atoms. The van der Waals surface area contributed by atoms with Gasteiger partial charge in [0.2, 0.25) is 0 Å². The van der Waals surface area contributed by atoms with Gasteiger partial charge in [-0.1, -0.05) is 41.9 Å². The number of hydrogen-bond donors (Lipinski definition) is 3. The van der Waals surface area contributed by atoms with E-state index in [4.69, 9.17) is 21.4 Å². The van der Waals surface area contributed by atoms with Crippen molar-refractivity contribution in [2.45, 2.75) is 6.61 Å². The highest BCUT2D eigenvalue weighted by Crippen LogP contribution is 2.34. The lowest BCUT2D eigenvalue weighted by Gasteiger charge is -2.11. The molecular formula is C19H15ClN2O5. The van der Waals surface area contributed by atoms with Crippen molar-refractivity contribution in [2.75, 3.05) is 6.54 Å². The Morgan fingerprint density at radius 3 is 2.56 bits per heavy atom. The summed E-state index contributed by atoms with van der Waals surface area (Å²) in [5.74, 6) is -1.98. The van der Waals surface area contributed by atoms with Gasteiger partial charge in [-0.2, -0.15) is 0 Å². The number of amides is 1. The molecule has 0 fully saturated rings. The molecule has 0 aliphatic carbocycles. The number of carboxylic acids is 1. The molecule has 0 aliphatic rings. The van der Waals surface area contributed by atoms with Crippen molar-refractivity contribution in [3.8, 4) is 11.5 Å². The molecule has 0 saturated carbocycles. The molecule has 0 radical (unpaired) electrons. The first kappa shape index (κ1) is 18.5. The van der Waals surface area contributed by atoms with Crippen LogP contribution in [-0.4, -0.2) is 33.6 Å². The largest absolute Gasteiger partial charge is 0.505 e. The summed E-state index contributed by atoms with van der Waals surface area (Å²) in [6, 6.07) is 14.4. The number of nitrogens with zero attached hydrogens (tertiary/aromatic N) is 1. The highest BCUT2D eigenvalue weighted by atomic mass is 35.5. The molecule has 0 unspecified atom stereocenters. The summed E-state index contributed by atoms with van der Waals surface area (Å²) in [5, 5.41) is 22.0. The number of carbonyl (C=O) groups excluding carboxylic acids is 1. The average molecular weight is 387 g/mol. The zero-order valence-electron chi connectivity index (χ0n) is 14.0. The maximum absolute atomic E-state index is 12.1. The Labute approximate surface area is 159 Å². The molecule has 0 saturated heterocycles. The molecule has 2 aromatic carbocycles. The Kier molecular flexibility index (Phi) is 5.42. The van der Waals surface area contributed by atoms with E-state index in [1.807, 2.05) is 30.3 Å². The Bertz CT molecular complexity index is 1010. The van der Waals surface area contributed by atoms with Crippen LogP contribution in [0.4, 0.5) is 0 Å². The molecule has 138 valence electrons. The molecule has 1 aromatic heterocycles. The smallest absolute Gasteiger partial charge is 0.322 e. The van der Waals surface area contributed by atoms with E-state index < -0.39 is 24.2 Å². The maximum atomic E-state index is 12.1. The number of benzene rings is 2. The Balaban J connectivity index is 1.90. The lowest BCUT2D eigenvalue weighted by atomic mass is 10.1. The van der Waals surface area contributed by atoms with Gasteiger partial charge in [0.1, 0.15) is 24.1 Å². The molecule has 3 rings (SSSR count). The molecule has 27 heavy (non-hydrogen) atoms. The normalized spacial score (nSPS) is 10.6. The molecule has 7 nitrogen and oxygen atoms in total. The van der Waals surface area contributed by atoms with E-state index in [2.05, 4.69) is 10.3 Å². The van der Waals surface area contributed by atoms with Crippen LogP contribution >= 0.6 is 11.6 Å². The highest BCUT2D eigenvalue weighted by molar-refractivity contribution is 6.35. The minimum atomic E-state index is -1.22. The summed E-state index contributed by atoms with van der Waals surface area (Å²) >= 11 is 6.11. The van der Waals surface area contributed by atoms with Gasteiger partial charge in [0.25, 0.3) is 5.91 Å². The van der Waals surface area contributed by atoms with Gasteiger partial charge in [0, 0.05) is 10.8 Å². The van der Waals surface area contributed by atoms with E-state index in [0.29, 0.717) is 17.7 Å².